The molecule has 2 fully saturated rings. The number of benzene rings is 3. The molecule has 16 nitrogen and oxygen atoms in total. The summed E-state index contributed by atoms with van der Waals surface area (Å²) in [7, 11) is 1.87. The number of rotatable bonds is 16. The number of likely N-dealkylation sites (tertiary alicyclic amines) is 1. The summed E-state index contributed by atoms with van der Waals surface area (Å²) in [4.78, 5) is 87.5. The summed E-state index contributed by atoms with van der Waals surface area (Å²) in [6.07, 6.45) is 8.12. The quantitative estimate of drug-likeness (QED) is 0.0699. The van der Waals surface area contributed by atoms with E-state index in [0.717, 1.165) is 84.3 Å². The van der Waals surface area contributed by atoms with Crippen molar-refractivity contribution in [2.24, 2.45) is 13.0 Å². The number of anilines is 2. The predicted molar refractivity (Wildman–Crippen MR) is 220 cm³/mol. The first-order chi connectivity index (χ1) is 28.6. The summed E-state index contributed by atoms with van der Waals surface area (Å²) in [6, 6.07) is 15.3. The molecule has 3 aliphatic rings. The first-order valence-corrected chi connectivity index (χ1v) is 20.4. The number of hydrogen-bond acceptors (Lipinski definition) is 10. The van der Waals surface area contributed by atoms with E-state index >= 15 is 0 Å². The molecule has 0 aliphatic carbocycles. The molecule has 2 aromatic heterocycles. The van der Waals surface area contributed by atoms with Crippen LogP contribution < -0.4 is 21.3 Å². The highest BCUT2D eigenvalue weighted by Crippen LogP contribution is 2.32. The Morgan fingerprint density at radius 2 is 1.75 bits per heavy atom. The number of nitrogens with one attached hydrogen (secondary N) is 5. The highest BCUT2D eigenvalue weighted by atomic mass is 16.2. The van der Waals surface area contributed by atoms with Crippen LogP contribution in [0.15, 0.2) is 60.8 Å². The van der Waals surface area contributed by atoms with E-state index in [2.05, 4.69) is 36.2 Å². The zero-order valence-electron chi connectivity index (χ0n) is 33.0. The van der Waals surface area contributed by atoms with Gasteiger partial charge in [-0.3, -0.25) is 48.6 Å². The molecule has 3 aliphatic heterocycles. The van der Waals surface area contributed by atoms with E-state index in [0.29, 0.717) is 48.9 Å². The van der Waals surface area contributed by atoms with Crippen LogP contribution in [0, 0.1) is 5.92 Å². The number of amides is 6. The summed E-state index contributed by atoms with van der Waals surface area (Å²) < 4.78 is 1.77. The molecule has 5 heterocycles. The number of imide groups is 2. The molecule has 6 amide bonds. The molecule has 2 unspecified atom stereocenters. The van der Waals surface area contributed by atoms with Crippen molar-refractivity contribution in [1.82, 2.24) is 40.2 Å². The van der Waals surface area contributed by atoms with Gasteiger partial charge in [0.05, 0.1) is 40.4 Å². The molecule has 3 aromatic carbocycles. The van der Waals surface area contributed by atoms with Crippen LogP contribution in [0.1, 0.15) is 94.7 Å². The minimum Gasteiger partial charge on any atom is -0.384 e. The Hall–Kier alpha value is -6.42. The van der Waals surface area contributed by atoms with Crippen LogP contribution in [0.2, 0.25) is 0 Å². The van der Waals surface area contributed by atoms with E-state index in [-0.39, 0.29) is 35.8 Å². The Balaban J connectivity index is 0.701. The number of aromatic amines is 1. The number of fused-ring (bicyclic) bond motifs is 3. The SMILES string of the molecule is Cn1ncc2cc(C(=O)Nc3ccc4[nH]c(CN5CCC(CC(=O)NCCCCCCCNc6cccc7c6C(=O)N(C6CCC(=O)NC6=O)C7=O)C5)nc4c3)ccc21. The van der Waals surface area contributed by atoms with Crippen molar-refractivity contribution >= 4 is 68.8 Å². The number of hydrogen-bond donors (Lipinski definition) is 5. The van der Waals surface area contributed by atoms with E-state index in [4.69, 9.17) is 4.98 Å². The molecule has 59 heavy (non-hydrogen) atoms. The van der Waals surface area contributed by atoms with Gasteiger partial charge in [-0.1, -0.05) is 25.3 Å². The standard InChI is InChI=1S/C43H48N10O6/c1-51-34-13-10-27(21-28(34)23-46-51)40(56)47-29-11-12-31-33(22-29)49-36(48-31)25-52-19-16-26(24-52)20-38(55)45-18-6-4-2-3-5-17-44-32-9-7-8-30-39(32)43(59)53(42(30)58)35-14-15-37(54)50-41(35)57/h7-13,21-23,26,35,44H,2-6,14-20,24-25H2,1H3,(H,45,55)(H,47,56)(H,48,49)(H,50,54,57). The van der Waals surface area contributed by atoms with E-state index in [1.54, 1.807) is 35.1 Å². The zero-order chi connectivity index (χ0) is 41.0. The Morgan fingerprint density at radius 3 is 2.59 bits per heavy atom. The van der Waals surface area contributed by atoms with E-state index < -0.39 is 29.7 Å². The molecular weight excluding hydrogens is 753 g/mol. The average molecular weight is 801 g/mol. The van der Waals surface area contributed by atoms with Gasteiger partial charge >= 0.3 is 0 Å². The third-order valence-electron chi connectivity index (χ3n) is 11.5. The number of unbranched alkanes of at least 4 members (excludes halogenated alkanes) is 4. The third kappa shape index (κ3) is 8.72. The normalized spacial score (nSPS) is 18.2. The summed E-state index contributed by atoms with van der Waals surface area (Å²) in [5.74, 6) is -1.04. The van der Waals surface area contributed by atoms with Gasteiger partial charge < -0.3 is 20.9 Å². The van der Waals surface area contributed by atoms with Crippen LogP contribution in [-0.4, -0.2) is 97.2 Å². The van der Waals surface area contributed by atoms with E-state index in [1.807, 2.05) is 37.4 Å². The lowest BCUT2D eigenvalue weighted by molar-refractivity contribution is -0.136. The maximum Gasteiger partial charge on any atom is 0.264 e. The molecular formula is C43H48N10O6. The van der Waals surface area contributed by atoms with Crippen LogP contribution in [-0.2, 0) is 28.0 Å². The van der Waals surface area contributed by atoms with Crippen molar-refractivity contribution in [1.29, 1.82) is 0 Å². The lowest BCUT2D eigenvalue weighted by Gasteiger charge is -2.27. The molecule has 306 valence electrons. The molecule has 0 saturated carbocycles. The van der Waals surface area contributed by atoms with Crippen LogP contribution >= 0.6 is 0 Å². The van der Waals surface area contributed by atoms with E-state index in [9.17, 15) is 28.8 Å². The van der Waals surface area contributed by atoms with Crippen molar-refractivity contribution in [2.45, 2.75) is 70.4 Å². The topological polar surface area (TPSA) is 204 Å². The van der Waals surface area contributed by atoms with Gasteiger partial charge in [-0.2, -0.15) is 5.10 Å². The smallest absolute Gasteiger partial charge is 0.264 e. The molecule has 2 saturated heterocycles. The minimum atomic E-state index is -0.993. The number of aromatic nitrogens is 4. The van der Waals surface area contributed by atoms with Gasteiger partial charge in [-0.05, 0) is 86.7 Å². The number of carbonyl (C=O) groups is 6. The fourth-order valence-electron chi connectivity index (χ4n) is 8.38. The maximum atomic E-state index is 13.3. The maximum absolute atomic E-state index is 13.3. The van der Waals surface area contributed by atoms with Gasteiger partial charge in [0, 0.05) is 61.8 Å². The first kappa shape index (κ1) is 39.4. The minimum absolute atomic E-state index is 0.0780. The largest absolute Gasteiger partial charge is 0.384 e. The molecule has 2 atom stereocenters. The van der Waals surface area contributed by atoms with Gasteiger partial charge in [-0.25, -0.2) is 4.98 Å². The Bertz CT molecular complexity index is 2460. The molecule has 5 aromatic rings. The average Bonchev–Trinajstić information content (AvgIpc) is 3.99. The van der Waals surface area contributed by atoms with E-state index in [1.165, 1.54) is 0 Å². The summed E-state index contributed by atoms with van der Waals surface area (Å²) in [5, 5.41) is 16.7. The molecule has 5 N–H and O–H groups in total. The molecule has 0 radical (unpaired) electrons. The van der Waals surface area contributed by atoms with Crippen LogP contribution in [0.4, 0.5) is 11.4 Å². The van der Waals surface area contributed by atoms with Crippen molar-refractivity contribution in [3.63, 3.8) is 0 Å². The fraction of sp³-hybridized carbons (Fsp3) is 0.395. The second kappa shape index (κ2) is 17.2. The Morgan fingerprint density at radius 1 is 0.915 bits per heavy atom. The van der Waals surface area contributed by atoms with Crippen LogP contribution in [0.25, 0.3) is 21.9 Å². The van der Waals surface area contributed by atoms with Crippen molar-refractivity contribution < 1.29 is 28.8 Å². The zero-order valence-corrected chi connectivity index (χ0v) is 33.0. The fourth-order valence-corrected chi connectivity index (χ4v) is 8.38. The highest BCUT2D eigenvalue weighted by Gasteiger charge is 2.45. The Kier molecular flexibility index (Phi) is 11.5. The van der Waals surface area contributed by atoms with Gasteiger partial charge in [-0.15, -0.1) is 0 Å². The molecule has 0 bridgehead atoms. The number of carbonyl (C=O) groups excluding carboxylic acids is 6. The van der Waals surface area contributed by atoms with Gasteiger partial charge in [0.2, 0.25) is 17.7 Å². The van der Waals surface area contributed by atoms with Crippen molar-refractivity contribution in [3.05, 3.63) is 83.3 Å². The lowest BCUT2D eigenvalue weighted by atomic mass is 10.0. The van der Waals surface area contributed by atoms with Gasteiger partial charge in [0.15, 0.2) is 0 Å². The number of nitrogens with zero attached hydrogens (tertiary/aromatic N) is 5. The second-order valence-corrected chi connectivity index (χ2v) is 15.7. The monoisotopic (exact) mass is 800 g/mol. The summed E-state index contributed by atoms with van der Waals surface area (Å²) in [5.41, 5.74) is 4.95. The first-order valence-electron chi connectivity index (χ1n) is 20.4. The second-order valence-electron chi connectivity index (χ2n) is 15.7. The molecule has 8 rings (SSSR count). The lowest BCUT2D eigenvalue weighted by Crippen LogP contribution is -2.54. The predicted octanol–water partition coefficient (Wildman–Crippen LogP) is 4.49. The number of piperidine rings is 1. The van der Waals surface area contributed by atoms with Crippen molar-refractivity contribution in [2.75, 3.05) is 36.8 Å². The molecule has 16 heteroatoms. The van der Waals surface area contributed by atoms with Gasteiger partial charge in [0.1, 0.15) is 11.9 Å². The highest BCUT2D eigenvalue weighted by molar-refractivity contribution is 6.25. The third-order valence-corrected chi connectivity index (χ3v) is 11.5. The number of aryl methyl sites for hydroxylation is 1. The Labute approximate surface area is 340 Å². The van der Waals surface area contributed by atoms with Crippen molar-refractivity contribution in [3.8, 4) is 0 Å². The van der Waals surface area contributed by atoms with Crippen LogP contribution in [0.5, 0.6) is 0 Å². The number of imidazole rings is 1. The van der Waals surface area contributed by atoms with Gasteiger partial charge in [0.25, 0.3) is 17.7 Å². The number of H-pyrrole nitrogens is 1. The van der Waals surface area contributed by atoms with Crippen LogP contribution in [0.3, 0.4) is 0 Å². The summed E-state index contributed by atoms with van der Waals surface area (Å²) in [6.45, 7) is 3.65. The summed E-state index contributed by atoms with van der Waals surface area (Å²) >= 11 is 0. The molecule has 0 spiro atoms.